The van der Waals surface area contributed by atoms with Crippen molar-refractivity contribution < 1.29 is 18.0 Å². The first-order valence-corrected chi connectivity index (χ1v) is 14.0. The number of hydrogen-bond acceptors (Lipinski definition) is 4. The highest BCUT2D eigenvalue weighted by Crippen LogP contribution is 2.30. The van der Waals surface area contributed by atoms with E-state index in [1.807, 2.05) is 44.2 Å². The molecule has 0 fully saturated rings. The van der Waals surface area contributed by atoms with Crippen LogP contribution < -0.4 is 9.62 Å². The van der Waals surface area contributed by atoms with Crippen LogP contribution in [0.4, 0.5) is 5.69 Å². The second kappa shape index (κ2) is 13.3. The molecule has 0 saturated carbocycles. The summed E-state index contributed by atoms with van der Waals surface area (Å²) in [5, 5.41) is 3.06. The van der Waals surface area contributed by atoms with Gasteiger partial charge in [0.15, 0.2) is 0 Å². The van der Waals surface area contributed by atoms with Gasteiger partial charge in [0.1, 0.15) is 12.6 Å². The summed E-state index contributed by atoms with van der Waals surface area (Å²) in [5.74, 6) is -0.786. The molecule has 1 atom stereocenters. The standard InChI is InChI=1S/C28H32ClN3O4S/c1-3-19-30-28(34)25(4-2)31(20-22-13-7-5-8-14-22)27(33)21-32(26-18-12-11-17-24(26)29)37(35,36)23-15-9-6-10-16-23/h5-18,25H,3-4,19-21H2,1-2H3,(H,30,34)/t25-/m1/s1. The Bertz CT molecular complexity index is 1290. The maximum absolute atomic E-state index is 13.9. The first-order valence-electron chi connectivity index (χ1n) is 12.2. The summed E-state index contributed by atoms with van der Waals surface area (Å²) in [6.07, 6.45) is 1.12. The zero-order chi connectivity index (χ0) is 26.8. The topological polar surface area (TPSA) is 86.8 Å². The molecule has 0 aromatic heterocycles. The van der Waals surface area contributed by atoms with E-state index in [1.54, 1.807) is 42.5 Å². The summed E-state index contributed by atoms with van der Waals surface area (Å²) in [4.78, 5) is 28.4. The fraction of sp³-hybridized carbons (Fsp3) is 0.286. The number of nitrogens with one attached hydrogen (secondary N) is 1. The van der Waals surface area contributed by atoms with E-state index in [2.05, 4.69) is 5.32 Å². The lowest BCUT2D eigenvalue weighted by atomic mass is 10.1. The fourth-order valence-electron chi connectivity index (χ4n) is 3.95. The molecular weight excluding hydrogens is 510 g/mol. The molecule has 37 heavy (non-hydrogen) atoms. The monoisotopic (exact) mass is 541 g/mol. The number of rotatable bonds is 12. The van der Waals surface area contributed by atoms with E-state index in [0.717, 1.165) is 16.3 Å². The largest absolute Gasteiger partial charge is 0.354 e. The summed E-state index contributed by atoms with van der Waals surface area (Å²) >= 11 is 6.41. The van der Waals surface area contributed by atoms with Crippen LogP contribution in [0.2, 0.25) is 5.02 Å². The number of halogens is 1. The third-order valence-corrected chi connectivity index (χ3v) is 7.96. The molecule has 0 spiro atoms. The maximum atomic E-state index is 13.9. The van der Waals surface area contributed by atoms with E-state index in [4.69, 9.17) is 11.6 Å². The van der Waals surface area contributed by atoms with Gasteiger partial charge in [-0.2, -0.15) is 0 Å². The van der Waals surface area contributed by atoms with Crippen LogP contribution >= 0.6 is 11.6 Å². The molecule has 1 N–H and O–H groups in total. The van der Waals surface area contributed by atoms with Gasteiger partial charge in [0.2, 0.25) is 11.8 Å². The van der Waals surface area contributed by atoms with Crippen molar-refractivity contribution in [1.82, 2.24) is 10.2 Å². The van der Waals surface area contributed by atoms with Crippen molar-refractivity contribution in [2.24, 2.45) is 0 Å². The second-order valence-corrected chi connectivity index (χ2v) is 10.8. The summed E-state index contributed by atoms with van der Waals surface area (Å²) < 4.78 is 28.5. The van der Waals surface area contributed by atoms with Gasteiger partial charge >= 0.3 is 0 Å². The highest BCUT2D eigenvalue weighted by molar-refractivity contribution is 7.92. The SMILES string of the molecule is CCCNC(=O)[C@@H](CC)N(Cc1ccccc1)C(=O)CN(c1ccccc1Cl)S(=O)(=O)c1ccccc1. The predicted molar refractivity (Wildman–Crippen MR) is 147 cm³/mol. The molecule has 0 heterocycles. The summed E-state index contributed by atoms with van der Waals surface area (Å²) in [6, 6.07) is 22.9. The number of amides is 2. The Morgan fingerprint density at radius 3 is 2.08 bits per heavy atom. The van der Waals surface area contributed by atoms with E-state index < -0.39 is 28.5 Å². The smallest absolute Gasteiger partial charge is 0.264 e. The highest BCUT2D eigenvalue weighted by atomic mass is 35.5. The van der Waals surface area contributed by atoms with Gasteiger partial charge in [-0.3, -0.25) is 13.9 Å². The lowest BCUT2D eigenvalue weighted by Gasteiger charge is -2.33. The molecule has 7 nitrogen and oxygen atoms in total. The highest BCUT2D eigenvalue weighted by Gasteiger charge is 2.34. The molecule has 3 rings (SSSR count). The molecule has 2 amide bonds. The van der Waals surface area contributed by atoms with Gasteiger partial charge in [-0.25, -0.2) is 8.42 Å². The summed E-state index contributed by atoms with van der Waals surface area (Å²) in [6.45, 7) is 3.89. The predicted octanol–water partition coefficient (Wildman–Crippen LogP) is 4.87. The lowest BCUT2D eigenvalue weighted by molar-refractivity contribution is -0.140. The van der Waals surface area contributed by atoms with Crippen molar-refractivity contribution in [3.05, 3.63) is 95.5 Å². The Kier molecular flexibility index (Phi) is 10.1. The zero-order valence-electron chi connectivity index (χ0n) is 21.0. The van der Waals surface area contributed by atoms with Crippen LogP contribution in [-0.2, 0) is 26.2 Å². The van der Waals surface area contributed by atoms with Crippen LogP contribution in [0.5, 0.6) is 0 Å². The molecule has 0 unspecified atom stereocenters. The Labute approximate surface area is 224 Å². The molecule has 9 heteroatoms. The Morgan fingerprint density at radius 1 is 0.892 bits per heavy atom. The minimum atomic E-state index is -4.14. The van der Waals surface area contributed by atoms with Gasteiger partial charge in [-0.05, 0) is 42.7 Å². The van der Waals surface area contributed by atoms with Crippen LogP contribution in [0, 0.1) is 0 Å². The molecule has 0 bridgehead atoms. The third kappa shape index (κ3) is 7.11. The van der Waals surface area contributed by atoms with Crippen molar-refractivity contribution in [2.45, 2.75) is 44.2 Å². The van der Waals surface area contributed by atoms with Crippen molar-refractivity contribution in [3.63, 3.8) is 0 Å². The summed E-state index contributed by atoms with van der Waals surface area (Å²) in [7, 11) is -4.14. The average Bonchev–Trinajstić information content (AvgIpc) is 2.91. The van der Waals surface area contributed by atoms with E-state index in [0.29, 0.717) is 13.0 Å². The van der Waals surface area contributed by atoms with Crippen LogP contribution in [0.25, 0.3) is 0 Å². The normalized spacial score (nSPS) is 12.0. The van der Waals surface area contributed by atoms with Gasteiger partial charge < -0.3 is 10.2 Å². The minimum Gasteiger partial charge on any atom is -0.354 e. The van der Waals surface area contributed by atoms with Gasteiger partial charge in [0.05, 0.1) is 15.6 Å². The molecule has 3 aromatic rings. The maximum Gasteiger partial charge on any atom is 0.264 e. The number of sulfonamides is 1. The first-order chi connectivity index (χ1) is 17.8. The van der Waals surface area contributed by atoms with Crippen molar-refractivity contribution in [2.75, 3.05) is 17.4 Å². The van der Waals surface area contributed by atoms with E-state index in [1.165, 1.54) is 17.0 Å². The van der Waals surface area contributed by atoms with Gasteiger partial charge in [-0.15, -0.1) is 0 Å². The number of hydrogen-bond donors (Lipinski definition) is 1. The number of para-hydroxylation sites is 1. The van der Waals surface area contributed by atoms with Gasteiger partial charge in [0.25, 0.3) is 10.0 Å². The van der Waals surface area contributed by atoms with Gasteiger partial charge in [0, 0.05) is 13.1 Å². The number of nitrogens with zero attached hydrogens (tertiary/aromatic N) is 2. The molecule has 0 saturated heterocycles. The van der Waals surface area contributed by atoms with Crippen molar-refractivity contribution in [1.29, 1.82) is 0 Å². The number of anilines is 1. The first kappa shape index (κ1) is 28.2. The Morgan fingerprint density at radius 2 is 1.49 bits per heavy atom. The van der Waals surface area contributed by atoms with E-state index in [9.17, 15) is 18.0 Å². The van der Waals surface area contributed by atoms with E-state index >= 15 is 0 Å². The molecule has 3 aromatic carbocycles. The fourth-order valence-corrected chi connectivity index (χ4v) is 5.69. The molecular formula is C28H32ClN3O4S. The Hall–Kier alpha value is -3.36. The number of benzene rings is 3. The quantitative estimate of drug-likeness (QED) is 0.354. The molecule has 196 valence electrons. The second-order valence-electron chi connectivity index (χ2n) is 8.50. The minimum absolute atomic E-state index is 0.0325. The van der Waals surface area contributed by atoms with Crippen LogP contribution in [0.3, 0.4) is 0 Å². The number of carbonyl (C=O) groups is 2. The zero-order valence-corrected chi connectivity index (χ0v) is 22.6. The van der Waals surface area contributed by atoms with Crippen molar-refractivity contribution in [3.8, 4) is 0 Å². The third-order valence-electron chi connectivity index (χ3n) is 5.86. The summed E-state index contributed by atoms with van der Waals surface area (Å²) in [5.41, 5.74) is 1.01. The molecule has 0 aliphatic carbocycles. The van der Waals surface area contributed by atoms with Crippen LogP contribution in [-0.4, -0.2) is 44.3 Å². The molecule has 0 radical (unpaired) electrons. The molecule has 0 aliphatic heterocycles. The van der Waals surface area contributed by atoms with Gasteiger partial charge in [-0.1, -0.05) is 86.1 Å². The average molecular weight is 542 g/mol. The van der Waals surface area contributed by atoms with Crippen molar-refractivity contribution >= 4 is 39.1 Å². The Balaban J connectivity index is 2.04. The van der Waals surface area contributed by atoms with Crippen LogP contribution in [0.1, 0.15) is 32.3 Å². The number of carbonyl (C=O) groups excluding carboxylic acids is 2. The lowest BCUT2D eigenvalue weighted by Crippen LogP contribution is -2.52. The molecule has 0 aliphatic rings. The van der Waals surface area contributed by atoms with E-state index in [-0.39, 0.29) is 28.1 Å². The van der Waals surface area contributed by atoms with Crippen LogP contribution in [0.15, 0.2) is 89.8 Å².